The molecule has 1 N–H and O–H groups in total. The van der Waals surface area contributed by atoms with Gasteiger partial charge >= 0.3 is 0 Å². The molecule has 2 aromatic rings. The van der Waals surface area contributed by atoms with Crippen LogP contribution in [0.25, 0.3) is 4.96 Å². The third-order valence-corrected chi connectivity index (χ3v) is 4.25. The van der Waals surface area contributed by atoms with Gasteiger partial charge in [-0.1, -0.05) is 0 Å². The summed E-state index contributed by atoms with van der Waals surface area (Å²) in [5, 5.41) is 5.44. The molecular weight excluding hydrogens is 341 g/mol. The van der Waals surface area contributed by atoms with E-state index in [1.165, 1.54) is 3.70 Å². The maximum atomic E-state index is 4.61. The van der Waals surface area contributed by atoms with E-state index < -0.39 is 0 Å². The van der Waals surface area contributed by atoms with Gasteiger partial charge in [0, 0.05) is 29.9 Å². The molecule has 2 heterocycles. The number of hydrogen-bond donors (Lipinski definition) is 2. The van der Waals surface area contributed by atoms with E-state index in [0.717, 1.165) is 23.0 Å². The van der Waals surface area contributed by atoms with Gasteiger partial charge in [-0.2, -0.15) is 12.6 Å². The van der Waals surface area contributed by atoms with Gasteiger partial charge in [0.05, 0.1) is 5.69 Å². The minimum Gasteiger partial charge on any atom is -0.308 e. The molecule has 0 aliphatic heterocycles. The van der Waals surface area contributed by atoms with E-state index in [2.05, 4.69) is 68.4 Å². The van der Waals surface area contributed by atoms with Gasteiger partial charge in [0.2, 0.25) is 0 Å². The normalized spacial score (nSPS) is 13.5. The Hall–Kier alpha value is 0.210. The second kappa shape index (κ2) is 5.03. The van der Waals surface area contributed by atoms with Crippen molar-refractivity contribution in [2.75, 3.05) is 12.3 Å². The van der Waals surface area contributed by atoms with Crippen molar-refractivity contribution in [3.63, 3.8) is 0 Å². The summed E-state index contributed by atoms with van der Waals surface area (Å²) in [7, 11) is 0. The Morgan fingerprint density at radius 3 is 3.20 bits per heavy atom. The number of nitrogens with zero attached hydrogens (tertiary/aromatic N) is 2. The molecule has 1 atom stereocenters. The van der Waals surface area contributed by atoms with Crippen molar-refractivity contribution >= 4 is 51.5 Å². The molecule has 0 saturated heterocycles. The zero-order valence-corrected chi connectivity index (χ0v) is 12.1. The first-order valence-corrected chi connectivity index (χ1v) is 7.28. The van der Waals surface area contributed by atoms with Gasteiger partial charge in [0.25, 0.3) is 0 Å². The van der Waals surface area contributed by atoms with E-state index in [1.807, 2.05) is 0 Å². The number of fused-ring (bicyclic) bond motifs is 1. The van der Waals surface area contributed by atoms with Crippen LogP contribution < -0.4 is 5.32 Å². The summed E-state index contributed by atoms with van der Waals surface area (Å²) in [5.74, 6) is 0.850. The summed E-state index contributed by atoms with van der Waals surface area (Å²) >= 11 is 8.20. The number of halogens is 1. The van der Waals surface area contributed by atoms with Crippen molar-refractivity contribution in [1.29, 1.82) is 0 Å². The average Bonchev–Trinajstić information content (AvgIpc) is 2.78. The molecule has 0 unspecified atom stereocenters. The third-order valence-electron chi connectivity index (χ3n) is 2.20. The molecule has 0 aliphatic carbocycles. The molecule has 2 aromatic heterocycles. The minimum atomic E-state index is 0.288. The van der Waals surface area contributed by atoms with E-state index in [1.54, 1.807) is 11.3 Å². The lowest BCUT2D eigenvalue weighted by atomic mass is 10.2. The van der Waals surface area contributed by atoms with Crippen LogP contribution in [0, 0.1) is 3.70 Å². The van der Waals surface area contributed by atoms with Crippen LogP contribution in [0.4, 0.5) is 0 Å². The SMILES string of the molecule is C[C@@H](NCCS)c1nc2sccn2c1I. The van der Waals surface area contributed by atoms with E-state index in [-0.39, 0.29) is 6.04 Å². The van der Waals surface area contributed by atoms with Crippen LogP contribution in [0.2, 0.25) is 0 Å². The largest absolute Gasteiger partial charge is 0.308 e. The fraction of sp³-hybridized carbons (Fsp3) is 0.444. The zero-order valence-electron chi connectivity index (χ0n) is 8.27. The number of nitrogens with one attached hydrogen (secondary N) is 1. The molecule has 0 bridgehead atoms. The van der Waals surface area contributed by atoms with E-state index in [4.69, 9.17) is 0 Å². The van der Waals surface area contributed by atoms with Gasteiger partial charge in [-0.25, -0.2) is 4.98 Å². The lowest BCUT2D eigenvalue weighted by Gasteiger charge is -2.10. The summed E-state index contributed by atoms with van der Waals surface area (Å²) in [6.07, 6.45) is 2.06. The highest BCUT2D eigenvalue weighted by Crippen LogP contribution is 2.23. The fourth-order valence-electron chi connectivity index (χ4n) is 1.43. The van der Waals surface area contributed by atoms with Crippen LogP contribution in [0.3, 0.4) is 0 Å². The summed E-state index contributed by atoms with van der Waals surface area (Å²) in [6.45, 7) is 3.05. The van der Waals surface area contributed by atoms with Crippen molar-refractivity contribution in [2.45, 2.75) is 13.0 Å². The molecular formula is C9H12IN3S2. The Morgan fingerprint density at radius 2 is 2.53 bits per heavy atom. The molecule has 0 fully saturated rings. The molecule has 82 valence electrons. The predicted octanol–water partition coefficient (Wildman–Crippen LogP) is 2.58. The van der Waals surface area contributed by atoms with Crippen molar-refractivity contribution in [3.05, 3.63) is 21.0 Å². The maximum absolute atomic E-state index is 4.61. The van der Waals surface area contributed by atoms with E-state index in [0.29, 0.717) is 0 Å². The zero-order chi connectivity index (χ0) is 10.8. The first kappa shape index (κ1) is 11.7. The minimum absolute atomic E-state index is 0.288. The van der Waals surface area contributed by atoms with Crippen molar-refractivity contribution in [2.24, 2.45) is 0 Å². The Kier molecular flexibility index (Phi) is 3.92. The second-order valence-corrected chi connectivity index (χ2v) is 5.58. The van der Waals surface area contributed by atoms with Gasteiger partial charge in [-0.3, -0.25) is 4.40 Å². The molecule has 15 heavy (non-hydrogen) atoms. The smallest absolute Gasteiger partial charge is 0.194 e. The second-order valence-electron chi connectivity index (χ2n) is 3.24. The number of thiazole rings is 1. The van der Waals surface area contributed by atoms with Crippen LogP contribution in [-0.4, -0.2) is 21.7 Å². The molecule has 0 radical (unpaired) electrons. The summed E-state index contributed by atoms with van der Waals surface area (Å²) in [4.78, 5) is 5.68. The van der Waals surface area contributed by atoms with Gasteiger partial charge in [0.15, 0.2) is 4.96 Å². The van der Waals surface area contributed by atoms with Gasteiger partial charge in [-0.15, -0.1) is 11.3 Å². The van der Waals surface area contributed by atoms with Crippen LogP contribution in [0.15, 0.2) is 11.6 Å². The Bertz CT molecular complexity index is 451. The Morgan fingerprint density at radius 1 is 1.73 bits per heavy atom. The third kappa shape index (κ3) is 2.32. The van der Waals surface area contributed by atoms with Crippen LogP contribution in [-0.2, 0) is 0 Å². The Balaban J connectivity index is 2.26. The van der Waals surface area contributed by atoms with Crippen molar-refractivity contribution in [3.8, 4) is 0 Å². The highest BCUT2D eigenvalue weighted by atomic mass is 127. The molecule has 0 aromatic carbocycles. The van der Waals surface area contributed by atoms with Gasteiger partial charge in [-0.05, 0) is 29.5 Å². The summed E-state index contributed by atoms with van der Waals surface area (Å²) in [6, 6.07) is 0.288. The Labute approximate surface area is 112 Å². The van der Waals surface area contributed by atoms with Gasteiger partial charge < -0.3 is 5.32 Å². The summed E-state index contributed by atoms with van der Waals surface area (Å²) < 4.78 is 3.32. The van der Waals surface area contributed by atoms with E-state index in [9.17, 15) is 0 Å². The predicted molar refractivity (Wildman–Crippen MR) is 76.1 cm³/mol. The number of aromatic nitrogens is 2. The number of hydrogen-bond acceptors (Lipinski definition) is 4. The standard InChI is InChI=1S/C9H12IN3S2/c1-6(11-2-4-14)7-8(10)13-3-5-15-9(13)12-7/h3,5-6,11,14H,2,4H2,1H3/t6-/m1/s1. The highest BCUT2D eigenvalue weighted by Gasteiger charge is 2.15. The molecule has 2 rings (SSSR count). The maximum Gasteiger partial charge on any atom is 0.194 e. The number of thiol groups is 1. The fourth-order valence-corrected chi connectivity index (χ4v) is 3.42. The van der Waals surface area contributed by atoms with Gasteiger partial charge in [0.1, 0.15) is 3.70 Å². The van der Waals surface area contributed by atoms with Crippen LogP contribution >= 0.6 is 46.6 Å². The lowest BCUT2D eigenvalue weighted by Crippen LogP contribution is -2.21. The number of rotatable bonds is 4. The topological polar surface area (TPSA) is 29.3 Å². The number of imidazole rings is 1. The molecule has 0 spiro atoms. The quantitative estimate of drug-likeness (QED) is 0.654. The molecule has 3 nitrogen and oxygen atoms in total. The van der Waals surface area contributed by atoms with Crippen molar-refractivity contribution < 1.29 is 0 Å². The van der Waals surface area contributed by atoms with Crippen LogP contribution in [0.1, 0.15) is 18.7 Å². The first-order valence-electron chi connectivity index (χ1n) is 4.69. The molecule has 0 aliphatic rings. The molecule has 0 amide bonds. The monoisotopic (exact) mass is 353 g/mol. The summed E-state index contributed by atoms with van der Waals surface area (Å²) in [5.41, 5.74) is 1.13. The van der Waals surface area contributed by atoms with Crippen molar-refractivity contribution in [1.82, 2.24) is 14.7 Å². The van der Waals surface area contributed by atoms with E-state index >= 15 is 0 Å². The lowest BCUT2D eigenvalue weighted by molar-refractivity contribution is 0.587. The molecule has 6 heteroatoms. The highest BCUT2D eigenvalue weighted by molar-refractivity contribution is 14.1. The average molecular weight is 353 g/mol. The van der Waals surface area contributed by atoms with Crippen LogP contribution in [0.5, 0.6) is 0 Å². The first-order chi connectivity index (χ1) is 7.24. The molecule has 0 saturated carbocycles.